The van der Waals surface area contributed by atoms with Crippen LogP contribution in [-0.2, 0) is 4.74 Å². The standard InChI is InChI=1S/C14H30N4O/c1-3-19-9-5-8-16-14(18-15)17-11-13-7-4-6-12(2)10-13/h12-13H,3-11,15H2,1-2H3,(H2,16,17,18). The molecule has 1 rings (SSSR count). The van der Waals surface area contributed by atoms with Gasteiger partial charge in [0, 0.05) is 26.3 Å². The molecule has 1 fully saturated rings. The number of ether oxygens (including phenoxy) is 1. The van der Waals surface area contributed by atoms with Gasteiger partial charge in [-0.1, -0.05) is 19.8 Å². The summed E-state index contributed by atoms with van der Waals surface area (Å²) in [6.45, 7) is 7.61. The molecule has 5 heteroatoms. The van der Waals surface area contributed by atoms with Crippen molar-refractivity contribution in [3.63, 3.8) is 0 Å². The summed E-state index contributed by atoms with van der Waals surface area (Å²) < 4.78 is 5.28. The Labute approximate surface area is 117 Å². The van der Waals surface area contributed by atoms with Crippen LogP contribution >= 0.6 is 0 Å². The summed E-state index contributed by atoms with van der Waals surface area (Å²) >= 11 is 0. The second-order valence-corrected chi connectivity index (χ2v) is 5.45. The number of hydrazine groups is 1. The van der Waals surface area contributed by atoms with Crippen molar-refractivity contribution in [2.45, 2.75) is 46.0 Å². The molecule has 1 aliphatic rings. The molecule has 4 N–H and O–H groups in total. The van der Waals surface area contributed by atoms with E-state index in [0.29, 0.717) is 5.96 Å². The van der Waals surface area contributed by atoms with Crippen molar-refractivity contribution in [3.8, 4) is 0 Å². The van der Waals surface area contributed by atoms with E-state index >= 15 is 0 Å². The van der Waals surface area contributed by atoms with Crippen molar-refractivity contribution in [3.05, 3.63) is 0 Å². The summed E-state index contributed by atoms with van der Waals surface area (Å²) in [4.78, 5) is 4.55. The fourth-order valence-electron chi connectivity index (χ4n) is 2.62. The predicted octanol–water partition coefficient (Wildman–Crippen LogP) is 1.65. The lowest BCUT2D eigenvalue weighted by atomic mass is 9.82. The summed E-state index contributed by atoms with van der Waals surface area (Å²) in [6.07, 6.45) is 6.28. The zero-order valence-corrected chi connectivity index (χ0v) is 12.5. The van der Waals surface area contributed by atoms with Crippen molar-refractivity contribution < 1.29 is 4.74 Å². The van der Waals surface area contributed by atoms with Gasteiger partial charge in [0.25, 0.3) is 0 Å². The van der Waals surface area contributed by atoms with Crippen LogP contribution in [0.3, 0.4) is 0 Å². The highest BCUT2D eigenvalue weighted by Gasteiger charge is 2.18. The molecule has 2 unspecified atom stereocenters. The largest absolute Gasteiger partial charge is 0.382 e. The Balaban J connectivity index is 2.19. The third kappa shape index (κ3) is 7.38. The van der Waals surface area contributed by atoms with Gasteiger partial charge in [0.05, 0.1) is 0 Å². The van der Waals surface area contributed by atoms with Crippen LogP contribution < -0.4 is 16.6 Å². The van der Waals surface area contributed by atoms with Crippen LogP contribution in [0.1, 0.15) is 46.0 Å². The van der Waals surface area contributed by atoms with Crippen molar-refractivity contribution in [1.29, 1.82) is 0 Å². The van der Waals surface area contributed by atoms with Crippen LogP contribution in [0.2, 0.25) is 0 Å². The Kier molecular flexibility index (Phi) is 8.58. The molecule has 0 radical (unpaired) electrons. The maximum Gasteiger partial charge on any atom is 0.205 e. The number of hydrogen-bond donors (Lipinski definition) is 3. The van der Waals surface area contributed by atoms with Gasteiger partial charge in [-0.3, -0.25) is 10.4 Å². The molecule has 19 heavy (non-hydrogen) atoms. The molecule has 0 aromatic carbocycles. The van der Waals surface area contributed by atoms with Crippen LogP contribution in [0.25, 0.3) is 0 Å². The lowest BCUT2D eigenvalue weighted by Gasteiger charge is -2.25. The minimum Gasteiger partial charge on any atom is -0.382 e. The number of nitrogens with one attached hydrogen (secondary N) is 2. The number of guanidine groups is 1. The number of aliphatic imine (C=N–C) groups is 1. The van der Waals surface area contributed by atoms with Crippen LogP contribution in [0.4, 0.5) is 0 Å². The highest BCUT2D eigenvalue weighted by atomic mass is 16.5. The Morgan fingerprint density at radius 2 is 2.26 bits per heavy atom. The first kappa shape index (κ1) is 16.2. The Bertz CT molecular complexity index is 258. The predicted molar refractivity (Wildman–Crippen MR) is 79.9 cm³/mol. The normalized spacial score (nSPS) is 24.3. The second-order valence-electron chi connectivity index (χ2n) is 5.45. The van der Waals surface area contributed by atoms with Crippen LogP contribution in [-0.4, -0.2) is 32.3 Å². The van der Waals surface area contributed by atoms with Gasteiger partial charge in [0.1, 0.15) is 0 Å². The minimum absolute atomic E-state index is 0.703. The van der Waals surface area contributed by atoms with E-state index in [2.05, 4.69) is 22.7 Å². The molecule has 0 amide bonds. The number of nitrogens with two attached hydrogens (primary N) is 1. The molecule has 0 aromatic heterocycles. The van der Waals surface area contributed by atoms with E-state index in [0.717, 1.165) is 44.6 Å². The highest BCUT2D eigenvalue weighted by molar-refractivity contribution is 5.79. The van der Waals surface area contributed by atoms with Crippen LogP contribution in [0.15, 0.2) is 4.99 Å². The number of hydrogen-bond acceptors (Lipinski definition) is 3. The van der Waals surface area contributed by atoms with Gasteiger partial charge >= 0.3 is 0 Å². The third-order valence-electron chi connectivity index (χ3n) is 3.65. The lowest BCUT2D eigenvalue weighted by Crippen LogP contribution is -2.42. The van der Waals surface area contributed by atoms with Gasteiger partial charge in [-0.25, -0.2) is 5.84 Å². The van der Waals surface area contributed by atoms with Crippen molar-refractivity contribution in [1.82, 2.24) is 10.7 Å². The monoisotopic (exact) mass is 270 g/mol. The third-order valence-corrected chi connectivity index (χ3v) is 3.65. The van der Waals surface area contributed by atoms with E-state index in [1.54, 1.807) is 0 Å². The maximum atomic E-state index is 5.48. The first-order valence-electron chi connectivity index (χ1n) is 7.59. The molecule has 0 aromatic rings. The molecule has 0 spiro atoms. The first-order valence-corrected chi connectivity index (χ1v) is 7.59. The minimum atomic E-state index is 0.703. The zero-order valence-electron chi connectivity index (χ0n) is 12.5. The SMILES string of the molecule is CCOCCCNC(=NCC1CCCC(C)C1)NN. The average Bonchev–Trinajstić information content (AvgIpc) is 2.42. The number of nitrogens with zero attached hydrogens (tertiary/aromatic N) is 1. The van der Waals surface area contributed by atoms with Gasteiger partial charge in [-0.2, -0.15) is 0 Å². The van der Waals surface area contributed by atoms with Gasteiger partial charge in [0.15, 0.2) is 0 Å². The first-order chi connectivity index (χ1) is 9.26. The number of rotatable bonds is 7. The van der Waals surface area contributed by atoms with Crippen molar-refractivity contribution >= 4 is 5.96 Å². The van der Waals surface area contributed by atoms with Crippen LogP contribution in [0, 0.1) is 11.8 Å². The molecule has 0 saturated heterocycles. The fraction of sp³-hybridized carbons (Fsp3) is 0.929. The highest BCUT2D eigenvalue weighted by Crippen LogP contribution is 2.28. The van der Waals surface area contributed by atoms with Crippen molar-refractivity contribution in [2.75, 3.05) is 26.3 Å². The quantitative estimate of drug-likeness (QED) is 0.216. The van der Waals surface area contributed by atoms with Crippen molar-refractivity contribution in [2.24, 2.45) is 22.7 Å². The molecular formula is C14H30N4O. The summed E-state index contributed by atoms with van der Waals surface area (Å²) in [6, 6.07) is 0. The van der Waals surface area contributed by atoms with Gasteiger partial charge in [0.2, 0.25) is 5.96 Å². The molecule has 0 aliphatic heterocycles. The smallest absolute Gasteiger partial charge is 0.205 e. The molecule has 112 valence electrons. The summed E-state index contributed by atoms with van der Waals surface area (Å²) in [5.41, 5.74) is 2.64. The average molecular weight is 270 g/mol. The van der Waals surface area contributed by atoms with E-state index < -0.39 is 0 Å². The van der Waals surface area contributed by atoms with E-state index in [-0.39, 0.29) is 0 Å². The van der Waals surface area contributed by atoms with E-state index in [9.17, 15) is 0 Å². The fourth-order valence-corrected chi connectivity index (χ4v) is 2.62. The molecule has 2 atom stereocenters. The van der Waals surface area contributed by atoms with Gasteiger partial charge < -0.3 is 10.1 Å². The zero-order chi connectivity index (χ0) is 13.9. The maximum absolute atomic E-state index is 5.48. The Morgan fingerprint density at radius 3 is 2.95 bits per heavy atom. The van der Waals surface area contributed by atoms with Gasteiger partial charge in [-0.15, -0.1) is 0 Å². The molecule has 0 bridgehead atoms. The molecular weight excluding hydrogens is 240 g/mol. The topological polar surface area (TPSA) is 71.7 Å². The van der Waals surface area contributed by atoms with E-state index in [1.165, 1.54) is 25.7 Å². The van der Waals surface area contributed by atoms with Crippen LogP contribution in [0.5, 0.6) is 0 Å². The van der Waals surface area contributed by atoms with E-state index in [1.807, 2.05) is 6.92 Å². The molecule has 5 nitrogen and oxygen atoms in total. The Hall–Kier alpha value is -0.810. The summed E-state index contributed by atoms with van der Waals surface area (Å²) in [5.74, 6) is 7.75. The Morgan fingerprint density at radius 1 is 1.42 bits per heavy atom. The lowest BCUT2D eigenvalue weighted by molar-refractivity contribution is 0.145. The second kappa shape index (κ2) is 10.0. The molecule has 1 aliphatic carbocycles. The summed E-state index contributed by atoms with van der Waals surface area (Å²) in [7, 11) is 0. The van der Waals surface area contributed by atoms with Gasteiger partial charge in [-0.05, 0) is 38.0 Å². The molecule has 0 heterocycles. The molecule has 1 saturated carbocycles. The van der Waals surface area contributed by atoms with E-state index in [4.69, 9.17) is 10.6 Å². The summed E-state index contributed by atoms with van der Waals surface area (Å²) in [5, 5.41) is 3.21.